The SMILES string of the molecule is CC(C)(C)c1cc(-c2nc3c(-c4cc(C(F)(F)F)cc(-c5cccc(N(c6ccccc6)c6ccccc6)c5)n4)cccc3n2-c2ccccc2)c(O)c(C(C)(C)C)c1. The van der Waals surface area contributed by atoms with Crippen LogP contribution in [0, 0.1) is 0 Å². The monoisotopic (exact) mass is 786 g/mol. The Morgan fingerprint density at radius 2 is 1.10 bits per heavy atom. The van der Waals surface area contributed by atoms with Crippen LogP contribution < -0.4 is 4.90 Å². The molecule has 0 aliphatic carbocycles. The molecule has 5 nitrogen and oxygen atoms in total. The fraction of sp³-hybridized carbons (Fsp3) is 0.176. The molecule has 0 fully saturated rings. The molecule has 296 valence electrons. The van der Waals surface area contributed by atoms with Crippen molar-refractivity contribution < 1.29 is 18.3 Å². The van der Waals surface area contributed by atoms with E-state index < -0.39 is 17.2 Å². The molecule has 0 amide bonds. The van der Waals surface area contributed by atoms with Crippen LogP contribution in [0.2, 0.25) is 0 Å². The van der Waals surface area contributed by atoms with Crippen molar-refractivity contribution in [3.8, 4) is 45.3 Å². The number of pyridine rings is 1. The standard InChI is InChI=1S/C51H45F3N4O/c1-49(2,3)34-29-41(47(59)42(30-34)50(4,5)6)48-56-46-40(26-17-27-45(46)58(48)38-23-14-9-15-24-38)44-32-35(51(52,53)54)31-43(55-44)33-18-16-25-39(28-33)57(36-19-10-7-11-20-36)37-21-12-8-13-22-37/h7-32,59H,1-6H3. The third kappa shape index (κ3) is 7.70. The van der Waals surface area contributed by atoms with Gasteiger partial charge in [-0.25, -0.2) is 9.97 Å². The molecule has 1 N–H and O–H groups in total. The van der Waals surface area contributed by atoms with Crippen LogP contribution in [0.25, 0.3) is 50.6 Å². The molecule has 8 heteroatoms. The Balaban J connectivity index is 1.36. The number of phenolic OH excluding ortho intramolecular Hbond substituents is 1. The molecule has 0 aliphatic heterocycles. The van der Waals surface area contributed by atoms with E-state index >= 15 is 0 Å². The number of para-hydroxylation sites is 4. The van der Waals surface area contributed by atoms with Crippen LogP contribution in [0.1, 0.15) is 58.2 Å². The number of imidazole rings is 1. The average Bonchev–Trinajstić information content (AvgIpc) is 3.61. The van der Waals surface area contributed by atoms with E-state index in [1.807, 2.05) is 132 Å². The van der Waals surface area contributed by atoms with Gasteiger partial charge in [-0.2, -0.15) is 13.2 Å². The molecule has 0 atom stereocenters. The lowest BCUT2D eigenvalue weighted by Gasteiger charge is -2.27. The van der Waals surface area contributed by atoms with Gasteiger partial charge in [0.2, 0.25) is 0 Å². The molecule has 0 saturated heterocycles. The highest BCUT2D eigenvalue weighted by Gasteiger charge is 2.33. The molecule has 0 unspecified atom stereocenters. The summed E-state index contributed by atoms with van der Waals surface area (Å²) in [6, 6.07) is 48.5. The largest absolute Gasteiger partial charge is 0.507 e. The van der Waals surface area contributed by atoms with Crippen molar-refractivity contribution >= 4 is 28.1 Å². The van der Waals surface area contributed by atoms with Gasteiger partial charge in [0.15, 0.2) is 0 Å². The summed E-state index contributed by atoms with van der Waals surface area (Å²) in [7, 11) is 0. The van der Waals surface area contributed by atoms with Crippen LogP contribution >= 0.6 is 0 Å². The Bertz CT molecular complexity index is 2740. The smallest absolute Gasteiger partial charge is 0.416 e. The van der Waals surface area contributed by atoms with Gasteiger partial charge >= 0.3 is 6.18 Å². The van der Waals surface area contributed by atoms with Crippen molar-refractivity contribution in [1.29, 1.82) is 0 Å². The first-order chi connectivity index (χ1) is 28.1. The fourth-order valence-corrected chi connectivity index (χ4v) is 7.52. The number of halogens is 3. The van der Waals surface area contributed by atoms with Gasteiger partial charge in [-0.3, -0.25) is 4.57 Å². The van der Waals surface area contributed by atoms with Gasteiger partial charge in [-0.15, -0.1) is 0 Å². The molecule has 0 bridgehead atoms. The molecule has 2 heterocycles. The van der Waals surface area contributed by atoms with Crippen molar-refractivity contribution in [1.82, 2.24) is 14.5 Å². The van der Waals surface area contributed by atoms with E-state index in [-0.39, 0.29) is 22.6 Å². The number of alkyl halides is 3. The maximum Gasteiger partial charge on any atom is 0.416 e. The van der Waals surface area contributed by atoms with Gasteiger partial charge in [-0.05, 0) is 89.2 Å². The quantitative estimate of drug-likeness (QED) is 0.175. The number of phenols is 1. The van der Waals surface area contributed by atoms with Crippen LogP contribution in [-0.4, -0.2) is 19.6 Å². The summed E-state index contributed by atoms with van der Waals surface area (Å²) in [4.78, 5) is 12.2. The van der Waals surface area contributed by atoms with E-state index in [4.69, 9.17) is 9.97 Å². The number of nitrogens with zero attached hydrogens (tertiary/aromatic N) is 4. The minimum atomic E-state index is -4.66. The predicted molar refractivity (Wildman–Crippen MR) is 234 cm³/mol. The Morgan fingerprint density at radius 1 is 0.525 bits per heavy atom. The molecule has 0 radical (unpaired) electrons. The lowest BCUT2D eigenvalue weighted by molar-refractivity contribution is -0.137. The minimum absolute atomic E-state index is 0.110. The maximum absolute atomic E-state index is 14.9. The third-order valence-corrected chi connectivity index (χ3v) is 10.6. The summed E-state index contributed by atoms with van der Waals surface area (Å²) >= 11 is 0. The molecule has 59 heavy (non-hydrogen) atoms. The van der Waals surface area contributed by atoms with Crippen molar-refractivity contribution in [2.75, 3.05) is 4.90 Å². The van der Waals surface area contributed by atoms with Crippen LogP contribution in [-0.2, 0) is 17.0 Å². The normalized spacial score (nSPS) is 12.2. The zero-order valence-corrected chi connectivity index (χ0v) is 33.9. The zero-order chi connectivity index (χ0) is 41.7. The number of benzene rings is 6. The Hall–Kier alpha value is -6.67. The molecule has 8 rings (SSSR count). The molecule has 0 aliphatic rings. The lowest BCUT2D eigenvalue weighted by Crippen LogP contribution is -2.17. The summed E-state index contributed by atoms with van der Waals surface area (Å²) < 4.78 is 46.6. The average molecular weight is 787 g/mol. The maximum atomic E-state index is 14.9. The number of hydrogen-bond donors (Lipinski definition) is 1. The van der Waals surface area contributed by atoms with Crippen LogP contribution in [0.5, 0.6) is 5.75 Å². The zero-order valence-electron chi connectivity index (χ0n) is 33.9. The Kier molecular flexibility index (Phi) is 9.91. The molecule has 6 aromatic carbocycles. The highest BCUT2D eigenvalue weighted by molar-refractivity contribution is 5.96. The number of anilines is 3. The van der Waals surface area contributed by atoms with E-state index in [1.54, 1.807) is 12.1 Å². The third-order valence-electron chi connectivity index (χ3n) is 10.6. The van der Waals surface area contributed by atoms with Crippen LogP contribution in [0.15, 0.2) is 158 Å². The first-order valence-electron chi connectivity index (χ1n) is 19.6. The van der Waals surface area contributed by atoms with E-state index in [0.717, 1.165) is 46.0 Å². The summed E-state index contributed by atoms with van der Waals surface area (Å²) in [5.41, 5.74) is 6.56. The van der Waals surface area contributed by atoms with Gasteiger partial charge in [0.05, 0.1) is 33.5 Å². The molecule has 0 spiro atoms. The van der Waals surface area contributed by atoms with Crippen molar-refractivity contribution in [3.63, 3.8) is 0 Å². The van der Waals surface area contributed by atoms with E-state index in [2.05, 4.69) is 52.5 Å². The van der Waals surface area contributed by atoms with Crippen LogP contribution in [0.3, 0.4) is 0 Å². The first kappa shape index (κ1) is 39.2. The Morgan fingerprint density at radius 3 is 1.69 bits per heavy atom. The second kappa shape index (κ2) is 14.9. The molecule has 2 aromatic heterocycles. The number of aromatic nitrogens is 3. The second-order valence-corrected chi connectivity index (χ2v) is 16.9. The van der Waals surface area contributed by atoms with E-state index in [1.165, 1.54) is 0 Å². The van der Waals surface area contributed by atoms with Crippen molar-refractivity contribution in [2.24, 2.45) is 0 Å². The van der Waals surface area contributed by atoms with Gasteiger partial charge in [0.25, 0.3) is 0 Å². The van der Waals surface area contributed by atoms with Gasteiger partial charge in [0, 0.05) is 39.4 Å². The molecule has 8 aromatic rings. The number of hydrogen-bond acceptors (Lipinski definition) is 4. The number of aromatic hydroxyl groups is 1. The summed E-state index contributed by atoms with van der Waals surface area (Å²) in [5, 5.41) is 12.1. The highest BCUT2D eigenvalue weighted by atomic mass is 19.4. The molecular formula is C51H45F3N4O. The highest BCUT2D eigenvalue weighted by Crippen LogP contribution is 2.45. The first-order valence-corrected chi connectivity index (χ1v) is 19.6. The summed E-state index contributed by atoms with van der Waals surface area (Å²) in [6.07, 6.45) is -4.66. The Labute approximate surface area is 343 Å². The lowest BCUT2D eigenvalue weighted by atomic mass is 9.79. The van der Waals surface area contributed by atoms with Gasteiger partial charge < -0.3 is 10.0 Å². The summed E-state index contributed by atoms with van der Waals surface area (Å²) in [5.74, 6) is 0.577. The molecular weight excluding hydrogens is 742 g/mol. The fourth-order valence-electron chi connectivity index (χ4n) is 7.52. The number of fused-ring (bicyclic) bond motifs is 1. The molecule has 0 saturated carbocycles. The van der Waals surface area contributed by atoms with Gasteiger partial charge in [-0.1, -0.05) is 126 Å². The summed E-state index contributed by atoms with van der Waals surface area (Å²) in [6.45, 7) is 12.6. The second-order valence-electron chi connectivity index (χ2n) is 16.9. The van der Waals surface area contributed by atoms with E-state index in [9.17, 15) is 18.3 Å². The topological polar surface area (TPSA) is 54.2 Å². The van der Waals surface area contributed by atoms with Crippen molar-refractivity contribution in [3.05, 3.63) is 174 Å². The predicted octanol–water partition coefficient (Wildman–Crippen LogP) is 14.2. The van der Waals surface area contributed by atoms with Crippen LogP contribution in [0.4, 0.5) is 30.2 Å². The number of rotatable bonds is 7. The van der Waals surface area contributed by atoms with E-state index in [0.29, 0.717) is 33.5 Å². The van der Waals surface area contributed by atoms with Gasteiger partial charge in [0.1, 0.15) is 11.6 Å². The van der Waals surface area contributed by atoms with Crippen molar-refractivity contribution in [2.45, 2.75) is 58.5 Å². The minimum Gasteiger partial charge on any atom is -0.507 e.